The van der Waals surface area contributed by atoms with E-state index < -0.39 is 0 Å². The van der Waals surface area contributed by atoms with Gasteiger partial charge in [0.15, 0.2) is 17.5 Å². The van der Waals surface area contributed by atoms with E-state index in [4.69, 9.17) is 19.4 Å². The van der Waals surface area contributed by atoms with Crippen molar-refractivity contribution in [3.05, 3.63) is 200 Å². The largest absolute Gasteiger partial charge is 0.455 e. The second kappa shape index (κ2) is 13.6. The summed E-state index contributed by atoms with van der Waals surface area (Å²) < 4.78 is 6.94. The van der Waals surface area contributed by atoms with E-state index in [0.29, 0.717) is 17.5 Å². The predicted octanol–water partition coefficient (Wildman–Crippen LogP) is 14.1. The topological polar surface area (TPSA) is 51.8 Å². The summed E-state index contributed by atoms with van der Waals surface area (Å²) in [6.45, 7) is 0. The minimum Gasteiger partial charge on any atom is -0.455 e. The quantitative estimate of drug-likeness (QED) is 0.171. The fourth-order valence-corrected chi connectivity index (χ4v) is 8.19. The van der Waals surface area contributed by atoms with Crippen LogP contribution in [-0.4, -0.2) is 15.0 Å². The van der Waals surface area contributed by atoms with Crippen molar-refractivity contribution < 1.29 is 4.42 Å². The number of fused-ring (bicyclic) bond motifs is 5. The average Bonchev–Trinajstić information content (AvgIpc) is 3.68. The molecule has 4 nitrogen and oxygen atoms in total. The lowest BCUT2D eigenvalue weighted by molar-refractivity contribution is 0.670. The molecule has 57 heavy (non-hydrogen) atoms. The summed E-state index contributed by atoms with van der Waals surface area (Å²) in [4.78, 5) is 15.4. The molecule has 266 valence electrons. The molecule has 0 atom stereocenters. The Balaban J connectivity index is 1.18. The van der Waals surface area contributed by atoms with Crippen LogP contribution in [0.25, 0.3) is 111 Å². The SMILES string of the molecule is c1ccc(-c2ccc(-c3nc(-c4ccccc4)nc(-c4cccc5oc6c(-c7cccc8ccccc78)cc(-c7cccc8ccccc78)cc6c45)n3)cc2)cc1. The van der Waals surface area contributed by atoms with Crippen molar-refractivity contribution in [3.8, 4) is 67.5 Å². The van der Waals surface area contributed by atoms with Crippen LogP contribution in [0.4, 0.5) is 0 Å². The van der Waals surface area contributed by atoms with Crippen molar-refractivity contribution in [1.82, 2.24) is 15.0 Å². The Morgan fingerprint density at radius 1 is 0.298 bits per heavy atom. The van der Waals surface area contributed by atoms with Gasteiger partial charge in [-0.15, -0.1) is 0 Å². The van der Waals surface area contributed by atoms with Crippen LogP contribution in [0.2, 0.25) is 0 Å². The highest BCUT2D eigenvalue weighted by atomic mass is 16.3. The molecule has 4 heteroatoms. The molecule has 0 fully saturated rings. The minimum absolute atomic E-state index is 0.585. The molecule has 0 unspecified atom stereocenters. The Morgan fingerprint density at radius 2 is 0.789 bits per heavy atom. The lowest BCUT2D eigenvalue weighted by Crippen LogP contribution is -2.00. The molecule has 9 aromatic carbocycles. The van der Waals surface area contributed by atoms with Gasteiger partial charge < -0.3 is 4.42 Å². The summed E-state index contributed by atoms with van der Waals surface area (Å²) >= 11 is 0. The van der Waals surface area contributed by atoms with Crippen LogP contribution in [-0.2, 0) is 0 Å². The zero-order valence-electron chi connectivity index (χ0n) is 30.8. The van der Waals surface area contributed by atoms with Crippen LogP contribution in [0.15, 0.2) is 205 Å². The number of furan rings is 1. The zero-order valence-corrected chi connectivity index (χ0v) is 30.8. The van der Waals surface area contributed by atoms with Gasteiger partial charge in [0.1, 0.15) is 11.2 Å². The molecule has 0 saturated carbocycles. The molecule has 0 N–H and O–H groups in total. The van der Waals surface area contributed by atoms with Gasteiger partial charge in [-0.25, -0.2) is 15.0 Å². The fourth-order valence-electron chi connectivity index (χ4n) is 8.19. The molecule has 2 aromatic heterocycles. The first kappa shape index (κ1) is 32.7. The highest BCUT2D eigenvalue weighted by Gasteiger charge is 2.22. The maximum Gasteiger partial charge on any atom is 0.164 e. The van der Waals surface area contributed by atoms with Crippen molar-refractivity contribution in [3.63, 3.8) is 0 Å². The van der Waals surface area contributed by atoms with Crippen LogP contribution < -0.4 is 0 Å². The molecule has 11 aromatic rings. The van der Waals surface area contributed by atoms with Crippen LogP contribution in [0.5, 0.6) is 0 Å². The monoisotopic (exact) mass is 727 g/mol. The van der Waals surface area contributed by atoms with Crippen molar-refractivity contribution in [2.24, 2.45) is 0 Å². The van der Waals surface area contributed by atoms with E-state index in [-0.39, 0.29) is 0 Å². The lowest BCUT2D eigenvalue weighted by Gasteiger charge is -2.13. The molecule has 0 amide bonds. The van der Waals surface area contributed by atoms with Crippen molar-refractivity contribution in [2.75, 3.05) is 0 Å². The van der Waals surface area contributed by atoms with Gasteiger partial charge in [0.25, 0.3) is 0 Å². The third kappa shape index (κ3) is 5.74. The summed E-state index contributed by atoms with van der Waals surface area (Å²) in [6.07, 6.45) is 0. The minimum atomic E-state index is 0.585. The number of hydrogen-bond acceptors (Lipinski definition) is 4. The normalized spacial score (nSPS) is 11.5. The molecule has 0 bridgehead atoms. The maximum absolute atomic E-state index is 6.94. The molecule has 0 spiro atoms. The van der Waals surface area contributed by atoms with E-state index in [2.05, 4.69) is 152 Å². The van der Waals surface area contributed by atoms with Crippen molar-refractivity contribution in [2.45, 2.75) is 0 Å². The third-order valence-electron chi connectivity index (χ3n) is 10.9. The smallest absolute Gasteiger partial charge is 0.164 e. The Bertz CT molecular complexity index is 3270. The van der Waals surface area contributed by atoms with Gasteiger partial charge >= 0.3 is 0 Å². The standard InChI is InChI=1S/C53H33N3O/c1-3-14-34(15-4-1)35-28-30-39(31-29-35)52-54-51(38-18-5-2-6-19-38)55-53(56-52)45-26-13-27-48-49(45)47-33-40(43-24-11-20-36-16-7-9-22-41(36)43)32-46(50(47)57-48)44-25-12-21-37-17-8-10-23-42(37)44/h1-33H. The summed E-state index contributed by atoms with van der Waals surface area (Å²) in [6, 6.07) is 69.9. The van der Waals surface area contributed by atoms with Gasteiger partial charge in [-0.1, -0.05) is 182 Å². The molecular formula is C53H33N3O. The molecule has 0 saturated heterocycles. The number of hydrogen-bond donors (Lipinski definition) is 0. The van der Waals surface area contributed by atoms with Crippen LogP contribution in [0.1, 0.15) is 0 Å². The molecule has 11 rings (SSSR count). The molecule has 0 aliphatic carbocycles. The van der Waals surface area contributed by atoms with Gasteiger partial charge in [0, 0.05) is 33.0 Å². The van der Waals surface area contributed by atoms with Gasteiger partial charge in [0.05, 0.1) is 0 Å². The summed E-state index contributed by atoms with van der Waals surface area (Å²) in [7, 11) is 0. The Morgan fingerprint density at radius 3 is 1.49 bits per heavy atom. The Hall–Kier alpha value is -7.69. The molecular weight excluding hydrogens is 695 g/mol. The van der Waals surface area contributed by atoms with Crippen LogP contribution in [0.3, 0.4) is 0 Å². The maximum atomic E-state index is 6.94. The highest BCUT2D eigenvalue weighted by molar-refractivity contribution is 6.18. The highest BCUT2D eigenvalue weighted by Crippen LogP contribution is 2.45. The summed E-state index contributed by atoms with van der Waals surface area (Å²) in [5, 5.41) is 6.71. The number of rotatable bonds is 6. The van der Waals surface area contributed by atoms with Gasteiger partial charge in [-0.05, 0) is 67.6 Å². The number of benzene rings is 9. The van der Waals surface area contributed by atoms with Crippen LogP contribution >= 0.6 is 0 Å². The molecule has 0 radical (unpaired) electrons. The van der Waals surface area contributed by atoms with E-state index in [1.54, 1.807) is 0 Å². The van der Waals surface area contributed by atoms with Gasteiger partial charge in [0.2, 0.25) is 0 Å². The first-order valence-corrected chi connectivity index (χ1v) is 19.2. The predicted molar refractivity (Wildman–Crippen MR) is 235 cm³/mol. The van der Waals surface area contributed by atoms with Gasteiger partial charge in [-0.3, -0.25) is 0 Å². The van der Waals surface area contributed by atoms with Crippen molar-refractivity contribution in [1.29, 1.82) is 0 Å². The first-order valence-electron chi connectivity index (χ1n) is 19.2. The third-order valence-corrected chi connectivity index (χ3v) is 10.9. The molecule has 0 aliphatic heterocycles. The first-order chi connectivity index (χ1) is 28.2. The van der Waals surface area contributed by atoms with E-state index >= 15 is 0 Å². The summed E-state index contributed by atoms with van der Waals surface area (Å²) in [5.74, 6) is 1.80. The van der Waals surface area contributed by atoms with E-state index in [0.717, 1.165) is 72.0 Å². The number of aromatic nitrogens is 3. The lowest BCUT2D eigenvalue weighted by atomic mass is 9.91. The summed E-state index contributed by atoms with van der Waals surface area (Å²) in [5.41, 5.74) is 11.0. The van der Waals surface area contributed by atoms with Crippen molar-refractivity contribution >= 4 is 43.5 Å². The van der Waals surface area contributed by atoms with Crippen LogP contribution in [0, 0.1) is 0 Å². The average molecular weight is 728 g/mol. The van der Waals surface area contributed by atoms with E-state index in [1.165, 1.54) is 21.5 Å². The zero-order chi connectivity index (χ0) is 37.7. The fraction of sp³-hybridized carbons (Fsp3) is 0. The number of nitrogens with zero attached hydrogens (tertiary/aromatic N) is 3. The Labute approximate surface area is 329 Å². The van der Waals surface area contributed by atoms with Gasteiger partial charge in [-0.2, -0.15) is 0 Å². The second-order valence-corrected chi connectivity index (χ2v) is 14.4. The molecule has 0 aliphatic rings. The second-order valence-electron chi connectivity index (χ2n) is 14.4. The molecule has 2 heterocycles. The van der Waals surface area contributed by atoms with E-state index in [1.807, 2.05) is 48.5 Å². The Kier molecular flexibility index (Phi) is 7.78. The van der Waals surface area contributed by atoms with E-state index in [9.17, 15) is 0 Å².